The molecular formula is C17H17N3O. The first-order chi connectivity index (χ1) is 10.2. The Morgan fingerprint density at radius 1 is 1.24 bits per heavy atom. The van der Waals surface area contributed by atoms with Gasteiger partial charge in [0.1, 0.15) is 5.82 Å². The van der Waals surface area contributed by atoms with E-state index in [1.54, 1.807) is 12.4 Å². The van der Waals surface area contributed by atoms with Crippen molar-refractivity contribution in [3.05, 3.63) is 66.2 Å². The van der Waals surface area contributed by atoms with E-state index in [4.69, 9.17) is 0 Å². The van der Waals surface area contributed by atoms with E-state index in [0.29, 0.717) is 6.42 Å². The van der Waals surface area contributed by atoms with Gasteiger partial charge in [0.25, 0.3) is 0 Å². The molecule has 1 aromatic heterocycles. The lowest BCUT2D eigenvalue weighted by Gasteiger charge is -2.11. The van der Waals surface area contributed by atoms with Gasteiger partial charge in [-0.1, -0.05) is 42.5 Å². The Morgan fingerprint density at radius 2 is 2.05 bits per heavy atom. The first kappa shape index (κ1) is 13.4. The standard InChI is InChI=1S/C17H17N3O/c1-12(17-18-8-9-19-17)20-16(21)11-13-6-7-14-4-2-3-5-15(14)10-13/h2-10,12H,11H2,1H3,(H,18,19)(H,20,21). The second-order valence-corrected chi connectivity index (χ2v) is 5.12. The van der Waals surface area contributed by atoms with Crippen LogP contribution >= 0.6 is 0 Å². The SMILES string of the molecule is CC(NC(=O)Cc1ccc2ccccc2c1)c1ncc[nH]1. The molecule has 2 N–H and O–H groups in total. The van der Waals surface area contributed by atoms with Crippen LogP contribution < -0.4 is 5.32 Å². The molecule has 1 amide bonds. The molecule has 106 valence electrons. The molecule has 0 aliphatic rings. The van der Waals surface area contributed by atoms with Crippen LogP contribution in [0.25, 0.3) is 10.8 Å². The summed E-state index contributed by atoms with van der Waals surface area (Å²) >= 11 is 0. The number of hydrogen-bond donors (Lipinski definition) is 2. The summed E-state index contributed by atoms with van der Waals surface area (Å²) < 4.78 is 0. The topological polar surface area (TPSA) is 57.8 Å². The monoisotopic (exact) mass is 279 g/mol. The van der Waals surface area contributed by atoms with Crippen molar-refractivity contribution in [2.24, 2.45) is 0 Å². The summed E-state index contributed by atoms with van der Waals surface area (Å²) in [6.07, 6.45) is 3.80. The number of rotatable bonds is 4. The average Bonchev–Trinajstić information content (AvgIpc) is 3.01. The zero-order valence-corrected chi connectivity index (χ0v) is 11.8. The van der Waals surface area contributed by atoms with Crippen LogP contribution in [0.2, 0.25) is 0 Å². The Hall–Kier alpha value is -2.62. The summed E-state index contributed by atoms with van der Waals surface area (Å²) in [6, 6.07) is 14.1. The Balaban J connectivity index is 1.68. The normalized spacial score (nSPS) is 12.2. The third-order valence-electron chi connectivity index (χ3n) is 3.49. The molecule has 0 bridgehead atoms. The third kappa shape index (κ3) is 3.11. The van der Waals surface area contributed by atoms with Crippen LogP contribution in [0.3, 0.4) is 0 Å². The molecule has 0 fully saturated rings. The minimum atomic E-state index is -0.118. The van der Waals surface area contributed by atoms with Crippen molar-refractivity contribution in [1.29, 1.82) is 0 Å². The van der Waals surface area contributed by atoms with Gasteiger partial charge in [0.05, 0.1) is 12.5 Å². The second kappa shape index (κ2) is 5.79. The lowest BCUT2D eigenvalue weighted by Crippen LogP contribution is -2.28. The first-order valence-electron chi connectivity index (χ1n) is 6.99. The lowest BCUT2D eigenvalue weighted by atomic mass is 10.0. The highest BCUT2D eigenvalue weighted by Crippen LogP contribution is 2.16. The summed E-state index contributed by atoms with van der Waals surface area (Å²) in [4.78, 5) is 19.3. The number of fused-ring (bicyclic) bond motifs is 1. The van der Waals surface area contributed by atoms with E-state index in [9.17, 15) is 4.79 Å². The van der Waals surface area contributed by atoms with Crippen molar-refractivity contribution in [1.82, 2.24) is 15.3 Å². The average molecular weight is 279 g/mol. The second-order valence-electron chi connectivity index (χ2n) is 5.12. The molecule has 0 saturated carbocycles. The van der Waals surface area contributed by atoms with Crippen molar-refractivity contribution < 1.29 is 4.79 Å². The molecule has 2 aromatic carbocycles. The molecule has 1 heterocycles. The number of nitrogens with zero attached hydrogens (tertiary/aromatic N) is 1. The van der Waals surface area contributed by atoms with Gasteiger partial charge >= 0.3 is 0 Å². The van der Waals surface area contributed by atoms with Crippen molar-refractivity contribution in [2.45, 2.75) is 19.4 Å². The number of carbonyl (C=O) groups is 1. The summed E-state index contributed by atoms with van der Waals surface area (Å²) in [5.74, 6) is 0.760. The number of imidazole rings is 1. The van der Waals surface area contributed by atoms with Gasteiger partial charge in [-0.2, -0.15) is 0 Å². The quantitative estimate of drug-likeness (QED) is 0.771. The molecule has 3 aromatic rings. The van der Waals surface area contributed by atoms with Gasteiger partial charge < -0.3 is 10.3 Å². The molecule has 3 rings (SSSR count). The summed E-state index contributed by atoms with van der Waals surface area (Å²) in [6.45, 7) is 1.91. The van der Waals surface area contributed by atoms with Gasteiger partial charge in [-0.3, -0.25) is 4.79 Å². The van der Waals surface area contributed by atoms with Crippen molar-refractivity contribution >= 4 is 16.7 Å². The van der Waals surface area contributed by atoms with Crippen LogP contribution in [-0.2, 0) is 11.2 Å². The molecule has 4 nitrogen and oxygen atoms in total. The maximum Gasteiger partial charge on any atom is 0.224 e. The van der Waals surface area contributed by atoms with Crippen molar-refractivity contribution in [3.8, 4) is 0 Å². The molecule has 0 saturated heterocycles. The van der Waals surface area contributed by atoms with Crippen molar-refractivity contribution in [2.75, 3.05) is 0 Å². The number of carbonyl (C=O) groups excluding carboxylic acids is 1. The Morgan fingerprint density at radius 3 is 2.81 bits per heavy atom. The number of aromatic nitrogens is 2. The lowest BCUT2D eigenvalue weighted by molar-refractivity contribution is -0.121. The third-order valence-corrected chi connectivity index (χ3v) is 3.49. The van der Waals surface area contributed by atoms with Gasteiger partial charge in [-0.25, -0.2) is 4.98 Å². The van der Waals surface area contributed by atoms with Crippen LogP contribution in [0.1, 0.15) is 24.4 Å². The van der Waals surface area contributed by atoms with Gasteiger partial charge in [-0.05, 0) is 23.3 Å². The molecule has 21 heavy (non-hydrogen) atoms. The molecule has 0 radical (unpaired) electrons. The molecule has 4 heteroatoms. The zero-order chi connectivity index (χ0) is 14.7. The van der Waals surface area contributed by atoms with E-state index in [1.165, 1.54) is 5.39 Å². The molecule has 0 aliphatic heterocycles. The highest BCUT2D eigenvalue weighted by atomic mass is 16.1. The highest BCUT2D eigenvalue weighted by Gasteiger charge is 2.11. The van der Waals surface area contributed by atoms with Gasteiger partial charge in [0.2, 0.25) is 5.91 Å². The molecule has 1 atom stereocenters. The largest absolute Gasteiger partial charge is 0.347 e. The first-order valence-corrected chi connectivity index (χ1v) is 6.99. The smallest absolute Gasteiger partial charge is 0.224 e. The van der Waals surface area contributed by atoms with E-state index in [-0.39, 0.29) is 11.9 Å². The van der Waals surface area contributed by atoms with Gasteiger partial charge in [0, 0.05) is 12.4 Å². The van der Waals surface area contributed by atoms with Crippen LogP contribution in [0.15, 0.2) is 54.9 Å². The van der Waals surface area contributed by atoms with Crippen LogP contribution in [0, 0.1) is 0 Å². The summed E-state index contributed by atoms with van der Waals surface area (Å²) in [7, 11) is 0. The Labute approximate surface area is 123 Å². The number of hydrogen-bond acceptors (Lipinski definition) is 2. The number of H-pyrrole nitrogens is 1. The molecule has 1 unspecified atom stereocenters. The highest BCUT2D eigenvalue weighted by molar-refractivity contribution is 5.85. The fraction of sp³-hybridized carbons (Fsp3) is 0.176. The predicted octanol–water partition coefficient (Wildman–Crippen LogP) is 2.98. The Bertz CT molecular complexity index is 750. The van der Waals surface area contributed by atoms with E-state index in [1.807, 2.05) is 31.2 Å². The Kier molecular flexibility index (Phi) is 3.69. The fourth-order valence-electron chi connectivity index (χ4n) is 2.41. The molecular weight excluding hydrogens is 262 g/mol. The zero-order valence-electron chi connectivity index (χ0n) is 11.8. The minimum Gasteiger partial charge on any atom is -0.347 e. The van der Waals surface area contributed by atoms with E-state index in [2.05, 4.69) is 33.5 Å². The number of aromatic amines is 1. The maximum absolute atomic E-state index is 12.1. The number of amides is 1. The van der Waals surface area contributed by atoms with Crippen LogP contribution in [-0.4, -0.2) is 15.9 Å². The summed E-state index contributed by atoms with van der Waals surface area (Å²) in [5.41, 5.74) is 1.01. The van der Waals surface area contributed by atoms with E-state index in [0.717, 1.165) is 16.8 Å². The molecule has 0 spiro atoms. The predicted molar refractivity (Wildman–Crippen MR) is 82.8 cm³/mol. The van der Waals surface area contributed by atoms with Gasteiger partial charge in [-0.15, -0.1) is 0 Å². The van der Waals surface area contributed by atoms with Crippen LogP contribution in [0.5, 0.6) is 0 Å². The van der Waals surface area contributed by atoms with Crippen molar-refractivity contribution in [3.63, 3.8) is 0 Å². The fourth-order valence-corrected chi connectivity index (χ4v) is 2.41. The summed E-state index contributed by atoms with van der Waals surface area (Å²) in [5, 5.41) is 5.29. The maximum atomic E-state index is 12.1. The number of nitrogens with one attached hydrogen (secondary N) is 2. The molecule has 0 aliphatic carbocycles. The van der Waals surface area contributed by atoms with E-state index < -0.39 is 0 Å². The van der Waals surface area contributed by atoms with E-state index >= 15 is 0 Å². The van der Waals surface area contributed by atoms with Gasteiger partial charge in [0.15, 0.2) is 0 Å². The number of benzene rings is 2. The van der Waals surface area contributed by atoms with Crippen LogP contribution in [0.4, 0.5) is 0 Å². The minimum absolute atomic E-state index is 0.00539.